The lowest BCUT2D eigenvalue weighted by molar-refractivity contribution is -0.117. The third-order valence-corrected chi connectivity index (χ3v) is 5.96. The number of hydrogen-bond donors (Lipinski definition) is 2. The van der Waals surface area contributed by atoms with Crippen molar-refractivity contribution in [3.05, 3.63) is 48.2 Å². The third kappa shape index (κ3) is 5.06. The van der Waals surface area contributed by atoms with Gasteiger partial charge in [-0.15, -0.1) is 0 Å². The van der Waals surface area contributed by atoms with Crippen molar-refractivity contribution in [2.75, 3.05) is 36.5 Å². The summed E-state index contributed by atoms with van der Waals surface area (Å²) >= 11 is 0. The summed E-state index contributed by atoms with van der Waals surface area (Å²) in [6.45, 7) is 6.25. The molecule has 1 atom stereocenters. The number of nitrogens with one attached hydrogen (secondary N) is 2. The van der Waals surface area contributed by atoms with E-state index in [1.165, 1.54) is 19.1 Å². The largest absolute Gasteiger partial charge is 0.378 e. The Bertz CT molecular complexity index is 908. The molecule has 150 valence electrons. The Balaban J connectivity index is 1.59. The summed E-state index contributed by atoms with van der Waals surface area (Å²) in [7, 11) is -3.78. The SMILES string of the molecule is Cc1ccc(S(=O)(=O)N[C@H](C)C(=O)Nc2ccc(N3CCOCC3)nc2)cc1. The van der Waals surface area contributed by atoms with Crippen LogP contribution in [0.4, 0.5) is 11.5 Å². The highest BCUT2D eigenvalue weighted by Crippen LogP contribution is 2.16. The van der Waals surface area contributed by atoms with Crippen LogP contribution >= 0.6 is 0 Å². The van der Waals surface area contributed by atoms with Gasteiger partial charge in [0.2, 0.25) is 15.9 Å². The van der Waals surface area contributed by atoms with E-state index in [1.54, 1.807) is 24.4 Å². The molecule has 0 saturated carbocycles. The molecule has 0 radical (unpaired) electrons. The first-order chi connectivity index (χ1) is 13.3. The van der Waals surface area contributed by atoms with Gasteiger partial charge < -0.3 is 15.0 Å². The van der Waals surface area contributed by atoms with Crippen LogP contribution in [0.15, 0.2) is 47.5 Å². The second-order valence-electron chi connectivity index (χ2n) is 6.65. The topological polar surface area (TPSA) is 101 Å². The quantitative estimate of drug-likeness (QED) is 0.757. The number of amides is 1. The van der Waals surface area contributed by atoms with E-state index in [1.807, 2.05) is 13.0 Å². The molecule has 0 spiro atoms. The van der Waals surface area contributed by atoms with Gasteiger partial charge in [0, 0.05) is 13.1 Å². The number of sulfonamides is 1. The van der Waals surface area contributed by atoms with E-state index in [2.05, 4.69) is 19.9 Å². The van der Waals surface area contributed by atoms with Crippen LogP contribution in [0.1, 0.15) is 12.5 Å². The molecular formula is C19H24N4O4S. The van der Waals surface area contributed by atoms with Crippen LogP contribution < -0.4 is 14.9 Å². The number of nitrogens with zero attached hydrogens (tertiary/aromatic N) is 2. The monoisotopic (exact) mass is 404 g/mol. The van der Waals surface area contributed by atoms with Crippen molar-refractivity contribution in [1.82, 2.24) is 9.71 Å². The van der Waals surface area contributed by atoms with Crippen LogP contribution in [-0.2, 0) is 19.6 Å². The summed E-state index contributed by atoms with van der Waals surface area (Å²) in [6.07, 6.45) is 1.56. The maximum Gasteiger partial charge on any atom is 0.242 e. The van der Waals surface area contributed by atoms with Crippen molar-refractivity contribution in [2.45, 2.75) is 24.8 Å². The summed E-state index contributed by atoms with van der Waals surface area (Å²) in [5, 5.41) is 2.68. The highest BCUT2D eigenvalue weighted by molar-refractivity contribution is 7.89. The van der Waals surface area contributed by atoms with Crippen LogP contribution in [0.5, 0.6) is 0 Å². The third-order valence-electron chi connectivity index (χ3n) is 4.41. The molecule has 8 nitrogen and oxygen atoms in total. The molecule has 2 heterocycles. The maximum absolute atomic E-state index is 12.4. The molecule has 3 rings (SSSR count). The van der Waals surface area contributed by atoms with Gasteiger partial charge in [0.1, 0.15) is 5.82 Å². The fourth-order valence-corrected chi connectivity index (χ4v) is 3.96. The predicted octanol–water partition coefficient (Wildman–Crippen LogP) is 1.53. The number of carbonyl (C=O) groups excluding carboxylic acids is 1. The summed E-state index contributed by atoms with van der Waals surface area (Å²) in [6, 6.07) is 9.07. The van der Waals surface area contributed by atoms with Crippen LogP contribution in [0, 0.1) is 6.92 Å². The van der Waals surface area contributed by atoms with Crippen molar-refractivity contribution in [3.8, 4) is 0 Å². The molecule has 2 N–H and O–H groups in total. The number of ether oxygens (including phenoxy) is 1. The lowest BCUT2D eigenvalue weighted by atomic mass is 10.2. The second-order valence-corrected chi connectivity index (χ2v) is 8.36. The predicted molar refractivity (Wildman–Crippen MR) is 107 cm³/mol. The molecule has 1 fully saturated rings. The van der Waals surface area contributed by atoms with Gasteiger partial charge in [-0.1, -0.05) is 17.7 Å². The smallest absolute Gasteiger partial charge is 0.242 e. The van der Waals surface area contributed by atoms with Crippen LogP contribution in [0.3, 0.4) is 0 Å². The summed E-state index contributed by atoms with van der Waals surface area (Å²) < 4.78 is 32.5. The Morgan fingerprint density at radius 2 is 1.82 bits per heavy atom. The minimum absolute atomic E-state index is 0.120. The zero-order valence-corrected chi connectivity index (χ0v) is 16.7. The summed E-state index contributed by atoms with van der Waals surface area (Å²) in [5.74, 6) is 0.353. The van der Waals surface area contributed by atoms with Crippen LogP contribution in [0.2, 0.25) is 0 Å². The Morgan fingerprint density at radius 3 is 2.43 bits per heavy atom. The molecule has 1 aliphatic heterocycles. The van der Waals surface area contributed by atoms with E-state index in [0.717, 1.165) is 24.5 Å². The minimum Gasteiger partial charge on any atom is -0.378 e. The standard InChI is InChI=1S/C19H24N4O4S/c1-14-3-6-17(7-4-14)28(25,26)22-15(2)19(24)21-16-5-8-18(20-13-16)23-9-11-27-12-10-23/h3-8,13,15,22H,9-12H2,1-2H3,(H,21,24)/t15-/m1/s1. The van der Waals surface area contributed by atoms with Gasteiger partial charge >= 0.3 is 0 Å². The van der Waals surface area contributed by atoms with Crippen molar-refractivity contribution in [1.29, 1.82) is 0 Å². The van der Waals surface area contributed by atoms with Gasteiger partial charge in [0.05, 0.1) is 36.0 Å². The molecule has 28 heavy (non-hydrogen) atoms. The highest BCUT2D eigenvalue weighted by Gasteiger charge is 2.22. The number of hydrogen-bond acceptors (Lipinski definition) is 6. The van der Waals surface area contributed by atoms with E-state index >= 15 is 0 Å². The first kappa shape index (κ1) is 20.2. The normalized spacial score (nSPS) is 15.9. The van der Waals surface area contributed by atoms with E-state index in [-0.39, 0.29) is 4.90 Å². The van der Waals surface area contributed by atoms with Gasteiger partial charge in [-0.05, 0) is 38.1 Å². The molecule has 0 aliphatic carbocycles. The fraction of sp³-hybridized carbons (Fsp3) is 0.368. The average Bonchev–Trinajstić information content (AvgIpc) is 2.69. The minimum atomic E-state index is -3.78. The molecule has 0 unspecified atom stereocenters. The maximum atomic E-state index is 12.4. The number of carbonyl (C=O) groups is 1. The lowest BCUT2D eigenvalue weighted by Crippen LogP contribution is -2.41. The molecular weight excluding hydrogens is 380 g/mol. The zero-order chi connectivity index (χ0) is 20.1. The summed E-state index contributed by atoms with van der Waals surface area (Å²) in [5.41, 5.74) is 1.46. The van der Waals surface area contributed by atoms with Crippen molar-refractivity contribution >= 4 is 27.4 Å². The number of pyridine rings is 1. The number of morpholine rings is 1. The zero-order valence-electron chi connectivity index (χ0n) is 15.9. The Morgan fingerprint density at radius 1 is 1.14 bits per heavy atom. The second kappa shape index (κ2) is 8.68. The number of benzene rings is 1. The van der Waals surface area contributed by atoms with Gasteiger partial charge in [-0.2, -0.15) is 4.72 Å². The highest BCUT2D eigenvalue weighted by atomic mass is 32.2. The Labute approximate surface area is 165 Å². The molecule has 1 amide bonds. The van der Waals surface area contributed by atoms with E-state index in [9.17, 15) is 13.2 Å². The average molecular weight is 404 g/mol. The van der Waals surface area contributed by atoms with Gasteiger partial charge in [-0.25, -0.2) is 13.4 Å². The van der Waals surface area contributed by atoms with Crippen molar-refractivity contribution in [3.63, 3.8) is 0 Å². The molecule has 1 aliphatic rings. The number of aromatic nitrogens is 1. The van der Waals surface area contributed by atoms with E-state index < -0.39 is 22.0 Å². The van der Waals surface area contributed by atoms with E-state index in [0.29, 0.717) is 18.9 Å². The summed E-state index contributed by atoms with van der Waals surface area (Å²) in [4.78, 5) is 19.0. The first-order valence-corrected chi connectivity index (χ1v) is 10.5. The first-order valence-electron chi connectivity index (χ1n) is 9.04. The Kier molecular flexibility index (Phi) is 6.28. The number of anilines is 2. The molecule has 2 aromatic rings. The fourth-order valence-electron chi connectivity index (χ4n) is 2.76. The lowest BCUT2D eigenvalue weighted by Gasteiger charge is -2.27. The van der Waals surface area contributed by atoms with Gasteiger partial charge in [0.15, 0.2) is 0 Å². The number of aryl methyl sites for hydroxylation is 1. The molecule has 9 heteroatoms. The van der Waals surface area contributed by atoms with Gasteiger partial charge in [0.25, 0.3) is 0 Å². The van der Waals surface area contributed by atoms with Crippen molar-refractivity contribution < 1.29 is 17.9 Å². The Hall–Kier alpha value is -2.49. The van der Waals surface area contributed by atoms with Crippen LogP contribution in [0.25, 0.3) is 0 Å². The number of rotatable bonds is 6. The van der Waals surface area contributed by atoms with Gasteiger partial charge in [-0.3, -0.25) is 4.79 Å². The van der Waals surface area contributed by atoms with Crippen molar-refractivity contribution in [2.24, 2.45) is 0 Å². The molecule has 1 aromatic carbocycles. The van der Waals surface area contributed by atoms with Crippen LogP contribution in [-0.4, -0.2) is 51.7 Å². The molecule has 0 bridgehead atoms. The molecule has 1 saturated heterocycles. The van der Waals surface area contributed by atoms with E-state index in [4.69, 9.17) is 4.74 Å². The molecule has 1 aromatic heterocycles.